The van der Waals surface area contributed by atoms with E-state index in [0.717, 1.165) is 124 Å². The lowest BCUT2D eigenvalue weighted by molar-refractivity contribution is 0.417. The molecule has 6 nitrogen and oxygen atoms in total. The Labute approximate surface area is 588 Å². The monoisotopic (exact) mass is 1310 g/mol. The first-order valence-electron chi connectivity index (χ1n) is 36.2. The number of fused-ring (bicyclic) bond motifs is 16. The minimum atomic E-state index is -0.409. The first kappa shape index (κ1) is 63.4. The fourth-order valence-corrected chi connectivity index (χ4v) is 16.6. The number of hydrogen-bond donors (Lipinski definition) is 0. The average molecular weight is 1310 g/mol. The predicted molar refractivity (Wildman–Crippen MR) is 423 cm³/mol. The van der Waals surface area contributed by atoms with Gasteiger partial charge >= 0.3 is 0 Å². The molecule has 0 fully saturated rings. The minimum absolute atomic E-state index is 0.106. The fourth-order valence-electron chi connectivity index (χ4n) is 16.6. The van der Waals surface area contributed by atoms with Crippen molar-refractivity contribution in [2.75, 3.05) is 0 Å². The Hall–Kier alpha value is -10.0. The van der Waals surface area contributed by atoms with Crippen LogP contribution in [0.5, 0.6) is 23.0 Å². The number of para-hydroxylation sites is 2. The van der Waals surface area contributed by atoms with E-state index in [0.29, 0.717) is 0 Å². The SMILES string of the molecule is CCn1c2ccccc2c2cc(-c3cc(C(C)(C)C)cc4c3Oc3c(-c5ccc6c(ccc7nc8ccc9cc(-c%10cc(C(C)(C)C)cc%11c%10Oc%10c(-c%12ccc%13c(c%12)c%12ccccc%12n%13CC)cc(C(C)(C)C)cc%10C%11(C)C)ccc9c8nc76)c5)cc(C(C)(C)C)cc3C4(C)C)ccc21. The molecule has 100 heavy (non-hydrogen) atoms. The van der Waals surface area contributed by atoms with Crippen molar-refractivity contribution in [3.8, 4) is 67.5 Å². The van der Waals surface area contributed by atoms with E-state index >= 15 is 0 Å². The van der Waals surface area contributed by atoms with Crippen LogP contribution in [-0.4, -0.2) is 19.1 Å². The van der Waals surface area contributed by atoms with E-state index in [2.05, 4.69) is 328 Å². The second-order valence-electron chi connectivity index (χ2n) is 34.0. The molecule has 0 aliphatic carbocycles. The Balaban J connectivity index is 0.785. The molecule has 17 rings (SSSR count). The summed E-state index contributed by atoms with van der Waals surface area (Å²) in [4.78, 5) is 11.0. The molecule has 2 aliphatic heterocycles. The van der Waals surface area contributed by atoms with Crippen molar-refractivity contribution in [2.45, 2.75) is 170 Å². The van der Waals surface area contributed by atoms with Gasteiger partial charge in [-0.3, -0.25) is 0 Å². The summed E-state index contributed by atoms with van der Waals surface area (Å²) in [5.41, 5.74) is 26.0. The summed E-state index contributed by atoms with van der Waals surface area (Å²) in [5, 5.41) is 9.36. The lowest BCUT2D eigenvalue weighted by Crippen LogP contribution is -2.27. The number of hydrogen-bond acceptors (Lipinski definition) is 4. The van der Waals surface area contributed by atoms with Crippen molar-refractivity contribution < 1.29 is 9.47 Å². The smallest absolute Gasteiger partial charge is 0.139 e. The van der Waals surface area contributed by atoms with Gasteiger partial charge in [-0.05, 0) is 176 Å². The number of nitrogens with zero attached hydrogens (tertiary/aromatic N) is 4. The van der Waals surface area contributed by atoms with Gasteiger partial charge in [0.15, 0.2) is 0 Å². The summed E-state index contributed by atoms with van der Waals surface area (Å²) in [7, 11) is 0. The van der Waals surface area contributed by atoms with Gasteiger partial charge in [-0.2, -0.15) is 0 Å². The Kier molecular flexibility index (Phi) is 13.8. The third kappa shape index (κ3) is 9.69. The van der Waals surface area contributed by atoms with Crippen LogP contribution >= 0.6 is 0 Å². The van der Waals surface area contributed by atoms with Gasteiger partial charge < -0.3 is 18.6 Å². The van der Waals surface area contributed by atoms with Crippen molar-refractivity contribution >= 4 is 87.2 Å². The topological polar surface area (TPSA) is 54.1 Å². The van der Waals surface area contributed by atoms with Crippen LogP contribution in [0.15, 0.2) is 194 Å². The van der Waals surface area contributed by atoms with Gasteiger partial charge in [0.05, 0.1) is 22.1 Å². The Morgan fingerprint density at radius 2 is 0.620 bits per heavy atom. The number of aromatic nitrogens is 4. The highest BCUT2D eigenvalue weighted by atomic mass is 16.5. The van der Waals surface area contributed by atoms with Gasteiger partial charge in [-0.1, -0.05) is 220 Å². The molecule has 2 aliphatic rings. The molecule has 0 atom stereocenters. The molecule has 0 radical (unpaired) electrons. The van der Waals surface area contributed by atoms with Crippen molar-refractivity contribution in [3.63, 3.8) is 0 Å². The lowest BCUT2D eigenvalue weighted by atomic mass is 9.70. The molecular weight excluding hydrogens is 1220 g/mol. The summed E-state index contributed by atoms with van der Waals surface area (Å²) in [6, 6.07) is 73.5. The first-order valence-corrected chi connectivity index (χ1v) is 36.2. The Bertz CT molecular complexity index is 5670. The van der Waals surface area contributed by atoms with Crippen LogP contribution in [0.1, 0.15) is 169 Å². The molecule has 0 amide bonds. The van der Waals surface area contributed by atoms with E-state index in [-0.39, 0.29) is 21.7 Å². The molecule has 0 unspecified atom stereocenters. The maximum Gasteiger partial charge on any atom is 0.139 e. The second-order valence-corrected chi connectivity index (χ2v) is 34.0. The van der Waals surface area contributed by atoms with E-state index < -0.39 is 10.8 Å². The van der Waals surface area contributed by atoms with Crippen LogP contribution < -0.4 is 9.47 Å². The molecule has 0 N–H and O–H groups in total. The zero-order valence-corrected chi connectivity index (χ0v) is 61.5. The molecule has 15 aromatic rings. The molecule has 6 heteroatoms. The van der Waals surface area contributed by atoms with Crippen LogP contribution in [0.2, 0.25) is 0 Å². The van der Waals surface area contributed by atoms with Crippen molar-refractivity contribution in [1.82, 2.24) is 19.1 Å². The summed E-state index contributed by atoms with van der Waals surface area (Å²) in [6.07, 6.45) is 0. The van der Waals surface area contributed by atoms with Crippen LogP contribution in [0, 0.1) is 0 Å². The van der Waals surface area contributed by atoms with Crippen molar-refractivity contribution in [1.29, 1.82) is 0 Å². The highest BCUT2D eigenvalue weighted by Crippen LogP contribution is 2.59. The zero-order valence-electron chi connectivity index (χ0n) is 61.5. The van der Waals surface area contributed by atoms with Crippen molar-refractivity contribution in [2.24, 2.45) is 0 Å². The van der Waals surface area contributed by atoms with Gasteiger partial charge in [-0.15, -0.1) is 0 Å². The molecule has 0 spiro atoms. The maximum atomic E-state index is 7.65. The minimum Gasteiger partial charge on any atom is -0.455 e. The molecule has 498 valence electrons. The highest BCUT2D eigenvalue weighted by molar-refractivity contribution is 6.14. The molecule has 3 aromatic heterocycles. The van der Waals surface area contributed by atoms with Gasteiger partial charge in [0.25, 0.3) is 0 Å². The van der Waals surface area contributed by atoms with E-state index in [9.17, 15) is 0 Å². The Morgan fingerprint density at radius 1 is 0.310 bits per heavy atom. The third-order valence-corrected chi connectivity index (χ3v) is 22.7. The van der Waals surface area contributed by atoms with Crippen LogP contribution in [0.3, 0.4) is 0 Å². The number of aryl methyl sites for hydroxylation is 2. The van der Waals surface area contributed by atoms with Gasteiger partial charge in [0.2, 0.25) is 0 Å². The lowest BCUT2D eigenvalue weighted by Gasteiger charge is -2.39. The quantitative estimate of drug-likeness (QED) is 0.123. The van der Waals surface area contributed by atoms with Crippen molar-refractivity contribution in [3.05, 3.63) is 239 Å². The van der Waals surface area contributed by atoms with E-state index in [1.54, 1.807) is 0 Å². The van der Waals surface area contributed by atoms with E-state index in [4.69, 9.17) is 19.4 Å². The zero-order chi connectivity index (χ0) is 69.8. The second kappa shape index (κ2) is 21.7. The molecule has 12 aromatic carbocycles. The summed E-state index contributed by atoms with van der Waals surface area (Å²) in [5.74, 6) is 3.67. The third-order valence-electron chi connectivity index (χ3n) is 22.7. The number of benzene rings is 12. The van der Waals surface area contributed by atoms with Gasteiger partial charge in [0.1, 0.15) is 23.0 Å². The normalized spacial score (nSPS) is 14.5. The largest absolute Gasteiger partial charge is 0.455 e. The highest BCUT2D eigenvalue weighted by Gasteiger charge is 2.42. The van der Waals surface area contributed by atoms with Crippen LogP contribution in [-0.2, 0) is 45.6 Å². The molecule has 0 saturated carbocycles. The van der Waals surface area contributed by atoms with Crippen LogP contribution in [0.25, 0.3) is 132 Å². The van der Waals surface area contributed by atoms with E-state index in [1.807, 2.05) is 0 Å². The van der Waals surface area contributed by atoms with Gasteiger partial charge in [0, 0.05) is 123 Å². The summed E-state index contributed by atoms with van der Waals surface area (Å²) in [6.45, 7) is 43.7. The predicted octanol–water partition coefficient (Wildman–Crippen LogP) is 26.1. The molecule has 0 saturated heterocycles. The molecule has 5 heterocycles. The summed E-state index contributed by atoms with van der Waals surface area (Å²) < 4.78 is 20.2. The first-order chi connectivity index (χ1) is 47.5. The fraction of sp³-hybridized carbons (Fsp3) is 0.277. The molecular formula is C94H90N4O2. The van der Waals surface area contributed by atoms with Crippen LogP contribution in [0.4, 0.5) is 0 Å². The summed E-state index contributed by atoms with van der Waals surface area (Å²) >= 11 is 0. The standard InChI is InChI=1S/C94H90N4O2/c1-19-97-79-27-23-21-25-65(79)71-43-57(33-39-81(71)97)69-47-61(91(9,10)11)51-75-87(69)99-85-67(45-59(89(3,4)5)49-73(85)93(75,15)16)55-29-35-63-53(41-55)31-37-77-83(63)96-84-64-36-30-56(42-54(64)32-38-78(84)95-77)68-46-60(90(6,7)8)50-74-86(68)100-88-70(48-62(92(12,13)14)52-76(88)94(74,17)18)58-34-40-82-72(44-58)66-26-22-24-28-80(66)98(82)20-2/h21-52H,19-20H2,1-18H3. The van der Waals surface area contributed by atoms with Gasteiger partial charge in [-0.25, -0.2) is 9.97 Å². The maximum absolute atomic E-state index is 7.65. The number of rotatable bonds is 6. The number of ether oxygens (including phenoxy) is 2. The molecule has 0 bridgehead atoms. The Morgan fingerprint density at radius 3 is 0.950 bits per heavy atom. The average Bonchev–Trinajstić information content (AvgIpc) is 0.897. The van der Waals surface area contributed by atoms with E-state index in [1.165, 1.54) is 88.1 Å².